The van der Waals surface area contributed by atoms with E-state index in [1.165, 1.54) is 0 Å². The third-order valence-electron chi connectivity index (χ3n) is 5.71. The van der Waals surface area contributed by atoms with Gasteiger partial charge in [0.15, 0.2) is 5.82 Å². The number of nitrogen functional groups attached to an aromatic ring is 2. The predicted octanol–water partition coefficient (Wildman–Crippen LogP) is 1.11. The van der Waals surface area contributed by atoms with Gasteiger partial charge in [-0.15, -0.1) is 6.58 Å². The predicted molar refractivity (Wildman–Crippen MR) is 131 cm³/mol. The molecule has 1 aromatic carbocycles. The number of aryl methyl sites for hydroxylation is 1. The molecule has 3 rings (SSSR count). The van der Waals surface area contributed by atoms with Crippen molar-refractivity contribution in [1.82, 2.24) is 15.3 Å². The van der Waals surface area contributed by atoms with Gasteiger partial charge in [-0.2, -0.15) is 4.98 Å². The summed E-state index contributed by atoms with van der Waals surface area (Å²) in [7, 11) is 0. The Morgan fingerprint density at radius 1 is 1.20 bits per heavy atom. The van der Waals surface area contributed by atoms with E-state index in [0.717, 1.165) is 23.5 Å². The highest BCUT2D eigenvalue weighted by Crippen LogP contribution is 2.34. The van der Waals surface area contributed by atoms with Crippen LogP contribution in [0, 0.1) is 0 Å². The Hall–Kier alpha value is -4.35. The van der Waals surface area contributed by atoms with Crippen LogP contribution < -0.4 is 27.0 Å². The molecular formula is C23H29N7O5. The smallest absolute Gasteiger partial charge is 0.326 e. The number of aromatic nitrogens is 2. The van der Waals surface area contributed by atoms with Crippen LogP contribution in [0.3, 0.4) is 0 Å². The van der Waals surface area contributed by atoms with Crippen molar-refractivity contribution >= 4 is 41.0 Å². The first-order chi connectivity index (χ1) is 16.7. The second-order valence-electron chi connectivity index (χ2n) is 8.15. The van der Waals surface area contributed by atoms with E-state index in [0.29, 0.717) is 25.3 Å². The molecule has 2 heterocycles. The molecule has 186 valence electrons. The minimum absolute atomic E-state index is 0.0866. The Balaban J connectivity index is 1.63. The fourth-order valence-electron chi connectivity index (χ4n) is 4.00. The summed E-state index contributed by atoms with van der Waals surface area (Å²) in [6, 6.07) is 5.38. The van der Waals surface area contributed by atoms with Gasteiger partial charge in [-0.05, 0) is 43.5 Å². The molecule has 12 heteroatoms. The number of nitrogens with two attached hydrogens (primary N) is 2. The quantitative estimate of drug-likeness (QED) is 0.250. The Bertz CT molecular complexity index is 1110. The van der Waals surface area contributed by atoms with Crippen LogP contribution in [0.2, 0.25) is 0 Å². The summed E-state index contributed by atoms with van der Waals surface area (Å²) in [5.74, 6) is -2.53. The maximum absolute atomic E-state index is 12.4. The first-order valence-corrected chi connectivity index (χ1v) is 11.1. The lowest BCUT2D eigenvalue weighted by molar-refractivity contribution is -0.140. The van der Waals surface area contributed by atoms with Crippen molar-refractivity contribution in [2.45, 2.75) is 37.8 Å². The van der Waals surface area contributed by atoms with Crippen LogP contribution in [0.4, 0.5) is 23.1 Å². The zero-order valence-corrected chi connectivity index (χ0v) is 19.1. The number of hydrogen-bond acceptors (Lipinski definition) is 9. The van der Waals surface area contributed by atoms with Gasteiger partial charge in [-0.1, -0.05) is 6.08 Å². The third-order valence-corrected chi connectivity index (χ3v) is 5.71. The van der Waals surface area contributed by atoms with E-state index in [1.54, 1.807) is 30.3 Å². The van der Waals surface area contributed by atoms with Gasteiger partial charge < -0.3 is 37.2 Å². The fraction of sp³-hybridized carbons (Fsp3) is 0.348. The Morgan fingerprint density at radius 2 is 1.91 bits per heavy atom. The number of anilines is 4. The molecule has 2 aromatic rings. The molecule has 0 spiro atoms. The lowest BCUT2D eigenvalue weighted by atomic mass is 9.99. The lowest BCUT2D eigenvalue weighted by Gasteiger charge is -2.38. The SMILES string of the molecule is C=CCN1c2c(N)nc(N)nc2CCC1CNc1ccc(C(=O)N[C@@H](CCC(=O)O)C(=O)O)cc1. The monoisotopic (exact) mass is 483 g/mol. The van der Waals surface area contributed by atoms with Gasteiger partial charge in [0.2, 0.25) is 5.95 Å². The molecule has 0 bridgehead atoms. The number of rotatable bonds is 11. The van der Waals surface area contributed by atoms with Crippen LogP contribution in [0.15, 0.2) is 36.9 Å². The Labute approximate surface area is 202 Å². The molecule has 1 aliphatic heterocycles. The Morgan fingerprint density at radius 3 is 2.54 bits per heavy atom. The zero-order chi connectivity index (χ0) is 25.5. The number of amides is 1. The highest BCUT2D eigenvalue weighted by molar-refractivity contribution is 5.97. The summed E-state index contributed by atoms with van der Waals surface area (Å²) in [5, 5.41) is 23.7. The maximum atomic E-state index is 12.4. The summed E-state index contributed by atoms with van der Waals surface area (Å²) in [4.78, 5) is 44.9. The topological polar surface area (TPSA) is 197 Å². The van der Waals surface area contributed by atoms with Gasteiger partial charge in [0.05, 0.1) is 5.69 Å². The minimum atomic E-state index is -1.29. The number of carbonyl (C=O) groups excluding carboxylic acids is 1. The summed E-state index contributed by atoms with van der Waals surface area (Å²) < 4.78 is 0. The van der Waals surface area contributed by atoms with Gasteiger partial charge in [-0.25, -0.2) is 9.78 Å². The molecule has 0 saturated carbocycles. The average Bonchev–Trinajstić information content (AvgIpc) is 2.80. The first-order valence-electron chi connectivity index (χ1n) is 11.1. The fourth-order valence-corrected chi connectivity index (χ4v) is 4.00. The third kappa shape index (κ3) is 6.37. The van der Waals surface area contributed by atoms with E-state index in [2.05, 4.69) is 32.1 Å². The van der Waals surface area contributed by atoms with Crippen LogP contribution in [-0.2, 0) is 16.0 Å². The minimum Gasteiger partial charge on any atom is -0.481 e. The zero-order valence-electron chi connectivity index (χ0n) is 19.1. The number of carboxylic acids is 2. The number of aliphatic carboxylic acids is 2. The normalized spacial score (nSPS) is 15.5. The molecule has 0 radical (unpaired) electrons. The van der Waals surface area contributed by atoms with Crippen LogP contribution >= 0.6 is 0 Å². The molecule has 0 aliphatic carbocycles. The summed E-state index contributed by atoms with van der Waals surface area (Å²) >= 11 is 0. The number of hydrogen-bond donors (Lipinski definition) is 6. The molecule has 1 unspecified atom stereocenters. The van der Waals surface area contributed by atoms with Crippen LogP contribution in [0.1, 0.15) is 35.3 Å². The van der Waals surface area contributed by atoms with Gasteiger partial charge in [0.1, 0.15) is 11.7 Å². The molecular weight excluding hydrogens is 454 g/mol. The molecule has 8 N–H and O–H groups in total. The number of nitrogens with one attached hydrogen (secondary N) is 2. The molecule has 12 nitrogen and oxygen atoms in total. The summed E-state index contributed by atoms with van der Waals surface area (Å²) in [6.45, 7) is 4.97. The van der Waals surface area contributed by atoms with E-state index in [4.69, 9.17) is 16.6 Å². The van der Waals surface area contributed by atoms with E-state index >= 15 is 0 Å². The van der Waals surface area contributed by atoms with Crippen molar-refractivity contribution in [3.05, 3.63) is 48.2 Å². The van der Waals surface area contributed by atoms with Crippen molar-refractivity contribution in [2.75, 3.05) is 34.8 Å². The lowest BCUT2D eigenvalue weighted by Crippen LogP contribution is -2.44. The van der Waals surface area contributed by atoms with Gasteiger partial charge in [0.25, 0.3) is 5.91 Å². The van der Waals surface area contributed by atoms with Crippen molar-refractivity contribution < 1.29 is 24.6 Å². The van der Waals surface area contributed by atoms with Crippen molar-refractivity contribution in [2.24, 2.45) is 0 Å². The highest BCUT2D eigenvalue weighted by Gasteiger charge is 2.29. The highest BCUT2D eigenvalue weighted by atomic mass is 16.4. The first kappa shape index (κ1) is 25.3. The van der Waals surface area contributed by atoms with E-state index in [1.807, 2.05) is 0 Å². The standard InChI is InChI=1S/C23H29N7O5/c1-2-11-30-15(7-8-16-19(30)20(24)29-23(25)28-16)12-26-14-5-3-13(4-6-14)21(33)27-17(22(34)35)9-10-18(31)32/h2-6,15,17,26H,1,7-12H2,(H,27,33)(H,31,32)(H,34,35)(H4,24,25,28,29)/t15?,17-/m0/s1. The van der Waals surface area contributed by atoms with E-state index in [9.17, 15) is 19.5 Å². The molecule has 1 amide bonds. The van der Waals surface area contributed by atoms with E-state index < -0.39 is 23.9 Å². The van der Waals surface area contributed by atoms with Gasteiger partial charge >= 0.3 is 11.9 Å². The number of nitrogens with zero attached hydrogens (tertiary/aromatic N) is 3. The largest absolute Gasteiger partial charge is 0.481 e. The van der Waals surface area contributed by atoms with Crippen LogP contribution in [0.5, 0.6) is 0 Å². The number of carbonyl (C=O) groups is 3. The van der Waals surface area contributed by atoms with E-state index in [-0.39, 0.29) is 30.4 Å². The summed E-state index contributed by atoms with van der Waals surface area (Å²) in [6.07, 6.45) is 2.74. The van der Waals surface area contributed by atoms with Gasteiger partial charge in [0, 0.05) is 36.8 Å². The Kier molecular flexibility index (Phi) is 8.08. The second-order valence-corrected chi connectivity index (χ2v) is 8.15. The molecule has 1 aromatic heterocycles. The molecule has 35 heavy (non-hydrogen) atoms. The summed E-state index contributed by atoms with van der Waals surface area (Å²) in [5.41, 5.74) is 14.5. The van der Waals surface area contributed by atoms with Gasteiger partial charge in [-0.3, -0.25) is 9.59 Å². The number of fused-ring (bicyclic) bond motifs is 1. The molecule has 0 saturated heterocycles. The van der Waals surface area contributed by atoms with Crippen LogP contribution in [0.25, 0.3) is 0 Å². The van der Waals surface area contributed by atoms with Crippen molar-refractivity contribution in [3.8, 4) is 0 Å². The molecule has 0 fully saturated rings. The van der Waals surface area contributed by atoms with Crippen LogP contribution in [-0.4, -0.2) is 63.2 Å². The molecule has 1 aliphatic rings. The number of carboxylic acid groups (broad SMARTS) is 2. The van der Waals surface area contributed by atoms with Crippen molar-refractivity contribution in [3.63, 3.8) is 0 Å². The molecule has 2 atom stereocenters. The number of benzene rings is 1. The maximum Gasteiger partial charge on any atom is 0.326 e. The average molecular weight is 484 g/mol. The second kappa shape index (κ2) is 11.2. The van der Waals surface area contributed by atoms with Crippen molar-refractivity contribution in [1.29, 1.82) is 0 Å².